The first kappa shape index (κ1) is 27.0. The lowest BCUT2D eigenvalue weighted by Gasteiger charge is -2.07. The van der Waals surface area contributed by atoms with Crippen LogP contribution in [0.25, 0.3) is 0 Å². The van der Waals surface area contributed by atoms with Crippen LogP contribution in [0.5, 0.6) is 23.0 Å². The van der Waals surface area contributed by atoms with Crippen molar-refractivity contribution in [2.24, 2.45) is 10.2 Å². The van der Waals surface area contributed by atoms with Crippen LogP contribution in [0.4, 0.5) is 0 Å². The van der Waals surface area contributed by atoms with E-state index in [4.69, 9.17) is 18.6 Å². The van der Waals surface area contributed by atoms with E-state index in [2.05, 4.69) is 10.2 Å². The first-order valence-corrected chi connectivity index (χ1v) is 13.0. The molecule has 0 saturated heterocycles. The van der Waals surface area contributed by atoms with Crippen LogP contribution in [0.1, 0.15) is 24.0 Å². The third-order valence-corrected chi connectivity index (χ3v) is 5.70. The zero-order valence-corrected chi connectivity index (χ0v) is 19.4. The third-order valence-electron chi connectivity index (χ3n) is 4.09. The van der Waals surface area contributed by atoms with Gasteiger partial charge in [0.2, 0.25) is 0 Å². The molecule has 186 valence electrons. The number of ether oxygens (including phenoxy) is 2. The Morgan fingerprint density at radius 2 is 1.09 bits per heavy atom. The highest BCUT2D eigenvalue weighted by molar-refractivity contribution is 7.86. The maximum atomic E-state index is 10.7. The molecule has 0 aliphatic rings. The van der Waals surface area contributed by atoms with Gasteiger partial charge in [-0.3, -0.25) is 9.11 Å². The molecule has 0 unspecified atom stereocenters. The number of benzene rings is 2. The molecule has 34 heavy (non-hydrogen) atoms. The third kappa shape index (κ3) is 10.6. The Hall–Kier alpha value is -3.20. The Labute approximate surface area is 196 Å². The summed E-state index contributed by atoms with van der Waals surface area (Å²) < 4.78 is 70.6. The van der Waals surface area contributed by atoms with Gasteiger partial charge in [-0.2, -0.15) is 27.0 Å². The molecule has 14 heteroatoms. The van der Waals surface area contributed by atoms with E-state index in [1.54, 1.807) is 12.1 Å². The molecule has 0 aliphatic carbocycles. The molecule has 0 bridgehead atoms. The minimum absolute atomic E-state index is 0.0366. The molecule has 2 aromatic carbocycles. The summed E-state index contributed by atoms with van der Waals surface area (Å²) in [5.41, 5.74) is 0.667. The molecule has 0 aromatic heterocycles. The molecular formula is C20H24N2O10S2. The van der Waals surface area contributed by atoms with Crippen molar-refractivity contribution in [3.05, 3.63) is 47.5 Å². The normalized spacial score (nSPS) is 12.4. The van der Waals surface area contributed by atoms with Crippen LogP contribution >= 0.6 is 0 Å². The molecule has 4 N–H and O–H groups in total. The molecule has 0 spiro atoms. The molecule has 0 fully saturated rings. The molecule has 2 aromatic rings. The Kier molecular flexibility index (Phi) is 9.80. The van der Waals surface area contributed by atoms with Crippen molar-refractivity contribution in [1.29, 1.82) is 0 Å². The molecule has 0 amide bonds. The van der Waals surface area contributed by atoms with E-state index in [1.807, 2.05) is 0 Å². The zero-order valence-electron chi connectivity index (χ0n) is 17.8. The summed E-state index contributed by atoms with van der Waals surface area (Å²) in [6.45, 7) is 0.0731. The predicted octanol–water partition coefficient (Wildman–Crippen LogP) is 1.86. The largest absolute Gasteiger partial charge is 0.507 e. The highest BCUT2D eigenvalue weighted by Crippen LogP contribution is 2.24. The first-order valence-electron chi connectivity index (χ1n) is 9.81. The average Bonchev–Trinajstić information content (AvgIpc) is 2.73. The van der Waals surface area contributed by atoms with Crippen LogP contribution in [0, 0.1) is 0 Å². The lowest BCUT2D eigenvalue weighted by molar-refractivity contribution is 0.314. The van der Waals surface area contributed by atoms with Gasteiger partial charge < -0.3 is 19.7 Å². The van der Waals surface area contributed by atoms with Crippen LogP contribution in [-0.4, -0.2) is 73.3 Å². The van der Waals surface area contributed by atoms with Crippen molar-refractivity contribution in [3.8, 4) is 23.0 Å². The highest BCUT2D eigenvalue weighted by Gasteiger charge is 2.07. The first-order chi connectivity index (χ1) is 15.9. The number of aromatic hydroxyl groups is 2. The quantitative estimate of drug-likeness (QED) is 0.132. The molecule has 0 atom stereocenters. The van der Waals surface area contributed by atoms with Gasteiger partial charge in [0.05, 0.1) is 37.1 Å². The van der Waals surface area contributed by atoms with Crippen molar-refractivity contribution >= 4 is 32.7 Å². The summed E-state index contributed by atoms with van der Waals surface area (Å²) in [5, 5.41) is 27.7. The molecule has 0 aliphatic heterocycles. The smallest absolute Gasteiger partial charge is 0.264 e. The summed E-state index contributed by atoms with van der Waals surface area (Å²) in [6.07, 6.45) is 2.73. The molecule has 2 rings (SSSR count). The second kappa shape index (κ2) is 12.3. The van der Waals surface area contributed by atoms with Crippen molar-refractivity contribution in [3.63, 3.8) is 0 Å². The van der Waals surface area contributed by atoms with Gasteiger partial charge in [0, 0.05) is 23.3 Å². The number of rotatable bonds is 13. The van der Waals surface area contributed by atoms with Gasteiger partial charge >= 0.3 is 0 Å². The molecule has 0 saturated carbocycles. The summed E-state index contributed by atoms with van der Waals surface area (Å²) in [5.74, 6) is -0.541. The van der Waals surface area contributed by atoms with Crippen LogP contribution in [0.15, 0.2) is 46.6 Å². The summed E-state index contributed by atoms with van der Waals surface area (Å²) in [6, 6.07) is 8.74. The number of hydrogen-bond donors (Lipinski definition) is 4. The van der Waals surface area contributed by atoms with Crippen LogP contribution in [-0.2, 0) is 20.2 Å². The Balaban J connectivity index is 1.87. The van der Waals surface area contributed by atoms with Gasteiger partial charge in [0.1, 0.15) is 23.0 Å². The molecular weight excluding hydrogens is 492 g/mol. The maximum absolute atomic E-state index is 10.7. The summed E-state index contributed by atoms with van der Waals surface area (Å²) >= 11 is 0. The standard InChI is InChI=1S/C20H24N2O10S2/c23-19-11-17(31-7-1-9-33(25,26)27)5-3-15(19)13-21-22-14-16-4-6-18(12-20(16)24)32-8-2-10-34(28,29)30/h3-6,11-14,23-24H,1-2,7-10H2,(H,25,26,27)(H,28,29,30)/b21-13+,22-14+. The van der Waals surface area contributed by atoms with Crippen LogP contribution in [0.3, 0.4) is 0 Å². The lowest BCUT2D eigenvalue weighted by atomic mass is 10.2. The fourth-order valence-corrected chi connectivity index (χ4v) is 3.46. The molecule has 0 radical (unpaired) electrons. The second-order valence-electron chi connectivity index (χ2n) is 6.91. The van der Waals surface area contributed by atoms with E-state index >= 15 is 0 Å². The number of phenols is 2. The van der Waals surface area contributed by atoms with E-state index in [-0.39, 0.29) is 37.6 Å². The van der Waals surface area contributed by atoms with E-state index in [1.165, 1.54) is 36.7 Å². The van der Waals surface area contributed by atoms with Crippen molar-refractivity contribution in [2.45, 2.75) is 12.8 Å². The van der Waals surface area contributed by atoms with E-state index in [9.17, 15) is 27.0 Å². The summed E-state index contributed by atoms with van der Waals surface area (Å²) in [7, 11) is -8.10. The Morgan fingerprint density at radius 3 is 1.41 bits per heavy atom. The van der Waals surface area contributed by atoms with Gasteiger partial charge in [-0.05, 0) is 37.1 Å². The fourth-order valence-electron chi connectivity index (χ4n) is 2.50. The zero-order chi connectivity index (χ0) is 25.2. The maximum Gasteiger partial charge on any atom is 0.264 e. The highest BCUT2D eigenvalue weighted by atomic mass is 32.2. The lowest BCUT2D eigenvalue weighted by Crippen LogP contribution is -2.08. The summed E-state index contributed by atoms with van der Waals surface area (Å²) in [4.78, 5) is 0. The van der Waals surface area contributed by atoms with Crippen LogP contribution < -0.4 is 9.47 Å². The van der Waals surface area contributed by atoms with Gasteiger partial charge in [0.25, 0.3) is 20.2 Å². The van der Waals surface area contributed by atoms with Crippen LogP contribution in [0.2, 0.25) is 0 Å². The van der Waals surface area contributed by atoms with E-state index in [0.717, 1.165) is 0 Å². The van der Waals surface area contributed by atoms with Crippen molar-refractivity contribution < 1.29 is 45.6 Å². The predicted molar refractivity (Wildman–Crippen MR) is 124 cm³/mol. The Morgan fingerprint density at radius 1 is 0.706 bits per heavy atom. The van der Waals surface area contributed by atoms with Gasteiger partial charge in [0.15, 0.2) is 0 Å². The topological polar surface area (TPSA) is 192 Å². The minimum atomic E-state index is -4.05. The molecule has 12 nitrogen and oxygen atoms in total. The van der Waals surface area contributed by atoms with E-state index < -0.39 is 31.7 Å². The average molecular weight is 517 g/mol. The Bertz CT molecular complexity index is 1140. The van der Waals surface area contributed by atoms with Crippen molar-refractivity contribution in [1.82, 2.24) is 0 Å². The van der Waals surface area contributed by atoms with Gasteiger partial charge in [-0.15, -0.1) is 0 Å². The van der Waals surface area contributed by atoms with Crippen molar-refractivity contribution in [2.75, 3.05) is 24.7 Å². The van der Waals surface area contributed by atoms with Gasteiger partial charge in [-0.1, -0.05) is 0 Å². The number of nitrogens with zero attached hydrogens (tertiary/aromatic N) is 2. The van der Waals surface area contributed by atoms with E-state index in [0.29, 0.717) is 22.6 Å². The fraction of sp³-hybridized carbons (Fsp3) is 0.300. The minimum Gasteiger partial charge on any atom is -0.507 e. The second-order valence-corrected chi connectivity index (χ2v) is 10.1. The number of phenolic OH excluding ortho intramolecular Hbond substituents is 2. The van der Waals surface area contributed by atoms with Gasteiger partial charge in [-0.25, -0.2) is 0 Å². The monoisotopic (exact) mass is 516 g/mol. The SMILES string of the molecule is O=S(=O)(O)CCCOc1ccc(/C=N/N=C/c2ccc(OCCCS(=O)(=O)O)cc2O)c(O)c1. The molecule has 0 heterocycles. The number of hydrogen-bond acceptors (Lipinski definition) is 10.